The van der Waals surface area contributed by atoms with Crippen molar-refractivity contribution in [1.82, 2.24) is 19.9 Å². The summed E-state index contributed by atoms with van der Waals surface area (Å²) < 4.78 is 159. The lowest BCUT2D eigenvalue weighted by Gasteiger charge is -2.15. The molecule has 2 heterocycles. The SMILES string of the molecule is [C-]#[N+]/C(C#N)=c1\c2c(/c(=C(/C#N)[N+]#[C-])c3c1Cc1ncc(-c4c(F)c(F)c(C(F)(F)F)c(F)c4F)nc1-3)-c1nc(-c3c(F)c(F)c(C)c(F)c3F)cnc1C2. The van der Waals surface area contributed by atoms with Crippen LogP contribution in [0.1, 0.15) is 33.6 Å². The Bertz CT molecular complexity index is 2870. The van der Waals surface area contributed by atoms with Crippen molar-refractivity contribution in [3.8, 4) is 57.2 Å². The molecule has 0 spiro atoms. The highest BCUT2D eigenvalue weighted by molar-refractivity contribution is 5.91. The van der Waals surface area contributed by atoms with Crippen LogP contribution in [0.15, 0.2) is 12.4 Å². The highest BCUT2D eigenvalue weighted by atomic mass is 19.4. The van der Waals surface area contributed by atoms with E-state index in [0.29, 0.717) is 6.20 Å². The van der Waals surface area contributed by atoms with Gasteiger partial charge in [-0.15, -0.1) is 0 Å². The third-order valence-electron chi connectivity index (χ3n) is 9.02. The van der Waals surface area contributed by atoms with Gasteiger partial charge < -0.3 is 0 Å². The van der Waals surface area contributed by atoms with Crippen molar-refractivity contribution >= 4 is 11.4 Å². The van der Waals surface area contributed by atoms with Crippen LogP contribution in [0.25, 0.3) is 66.1 Å². The molecule has 2 aromatic heterocycles. The minimum absolute atomic E-state index is 0.0176. The molecule has 0 amide bonds. The summed E-state index contributed by atoms with van der Waals surface area (Å²) in [5.41, 5.74) is -11.6. The Morgan fingerprint density at radius 1 is 0.618 bits per heavy atom. The number of hydrogen-bond acceptors (Lipinski definition) is 6. The zero-order valence-corrected chi connectivity index (χ0v) is 26.8. The highest BCUT2D eigenvalue weighted by Crippen LogP contribution is 2.43. The van der Waals surface area contributed by atoms with Gasteiger partial charge in [0.2, 0.25) is 0 Å². The van der Waals surface area contributed by atoms with E-state index in [2.05, 4.69) is 29.6 Å². The zero-order chi connectivity index (χ0) is 40.0. The third-order valence-corrected chi connectivity index (χ3v) is 9.02. The second-order valence-corrected chi connectivity index (χ2v) is 11.8. The Kier molecular flexibility index (Phi) is 8.16. The minimum atomic E-state index is -5.86. The highest BCUT2D eigenvalue weighted by Gasteiger charge is 2.43. The van der Waals surface area contributed by atoms with Crippen LogP contribution in [0.2, 0.25) is 0 Å². The Hall–Kier alpha value is -7.25. The standard InChI is InChI=1S/C36H9F11N8/c1-10-26(37)28(39)23(29(40)27(10)38)17-8-52-13-4-11-19(15(6-48)50-2)12-5-14-35(21(12)22(16(7-49)51-3)20(11)34(13)54-17)55-18(9-53-14)24-30(41)32(43)25(36(45,46)47)33(44)31(24)42/h8-9H,4-5H2,1H3/b19-15+,22-16+. The van der Waals surface area contributed by atoms with Crippen LogP contribution >= 0.6 is 0 Å². The van der Waals surface area contributed by atoms with Crippen molar-refractivity contribution in [2.75, 3.05) is 0 Å². The molecule has 0 unspecified atom stereocenters. The monoisotopic (exact) mass is 762 g/mol. The van der Waals surface area contributed by atoms with Gasteiger partial charge in [-0.25, -0.2) is 65.3 Å². The molecular weight excluding hydrogens is 753 g/mol. The summed E-state index contributed by atoms with van der Waals surface area (Å²) in [5, 5.41) is 19.6. The van der Waals surface area contributed by atoms with Crippen molar-refractivity contribution < 1.29 is 48.3 Å². The number of rotatable bonds is 2. The third kappa shape index (κ3) is 5.01. The maximum atomic E-state index is 15.2. The number of nitrogens with zero attached hydrogens (tertiary/aromatic N) is 8. The van der Waals surface area contributed by atoms with Gasteiger partial charge in [0, 0.05) is 40.0 Å². The van der Waals surface area contributed by atoms with E-state index in [9.17, 15) is 41.3 Å². The molecule has 55 heavy (non-hydrogen) atoms. The number of aromatic nitrogens is 4. The molecule has 0 fully saturated rings. The molecule has 7 rings (SSSR count). The Morgan fingerprint density at radius 3 is 1.36 bits per heavy atom. The van der Waals surface area contributed by atoms with Crippen molar-refractivity contribution in [2.24, 2.45) is 0 Å². The molecule has 0 bridgehead atoms. The number of hydrogen-bond donors (Lipinski definition) is 0. The van der Waals surface area contributed by atoms with E-state index >= 15 is 17.6 Å². The lowest BCUT2D eigenvalue weighted by molar-refractivity contribution is -0.143. The molecule has 0 saturated carbocycles. The molecule has 0 N–H and O–H groups in total. The van der Waals surface area contributed by atoms with Gasteiger partial charge in [0.25, 0.3) is 11.4 Å². The summed E-state index contributed by atoms with van der Waals surface area (Å²) in [4.78, 5) is 22.9. The molecule has 0 radical (unpaired) electrons. The summed E-state index contributed by atoms with van der Waals surface area (Å²) in [7, 11) is 0. The summed E-state index contributed by atoms with van der Waals surface area (Å²) in [6.45, 7) is 16.3. The predicted octanol–water partition coefficient (Wildman–Crippen LogP) is 7.29. The van der Waals surface area contributed by atoms with Crippen molar-refractivity contribution in [3.63, 3.8) is 0 Å². The first-order valence-electron chi connectivity index (χ1n) is 15.0. The number of benzene rings is 3. The average molecular weight is 763 g/mol. The first-order chi connectivity index (χ1) is 26.0. The summed E-state index contributed by atoms with van der Waals surface area (Å²) in [6.07, 6.45) is -5.18. The summed E-state index contributed by atoms with van der Waals surface area (Å²) in [5.74, 6) is -17.8. The largest absolute Gasteiger partial charge is 0.422 e. The second kappa shape index (κ2) is 12.4. The molecule has 0 atom stereocenters. The molecule has 270 valence electrons. The van der Waals surface area contributed by atoms with Crippen LogP contribution in [0.3, 0.4) is 0 Å². The van der Waals surface area contributed by atoms with E-state index in [1.807, 2.05) is 0 Å². The van der Waals surface area contributed by atoms with Crippen LogP contribution in [0.4, 0.5) is 48.3 Å². The molecule has 2 aliphatic carbocycles. The van der Waals surface area contributed by atoms with Crippen molar-refractivity contribution in [3.05, 3.63) is 126 Å². The smallest absolute Gasteiger partial charge is 0.256 e. The zero-order valence-electron chi connectivity index (χ0n) is 26.8. The average Bonchev–Trinajstić information content (AvgIpc) is 3.72. The molecule has 5 aromatic rings. The van der Waals surface area contributed by atoms with E-state index in [0.717, 1.165) is 13.1 Å². The van der Waals surface area contributed by atoms with Crippen LogP contribution in [0.5, 0.6) is 0 Å². The van der Waals surface area contributed by atoms with Crippen molar-refractivity contribution in [1.29, 1.82) is 10.5 Å². The van der Waals surface area contributed by atoms with Crippen molar-refractivity contribution in [2.45, 2.75) is 25.9 Å². The molecule has 3 aromatic carbocycles. The number of alkyl halides is 3. The van der Waals surface area contributed by atoms with Gasteiger partial charge in [0.15, 0.2) is 46.5 Å². The Morgan fingerprint density at radius 2 is 1.00 bits per heavy atom. The summed E-state index contributed by atoms with van der Waals surface area (Å²) >= 11 is 0. The lowest BCUT2D eigenvalue weighted by atomic mass is 9.92. The Balaban J connectivity index is 1.62. The van der Waals surface area contributed by atoms with Crippen LogP contribution < -0.4 is 10.4 Å². The maximum Gasteiger partial charge on any atom is 0.422 e. The maximum absolute atomic E-state index is 15.2. The van der Waals surface area contributed by atoms with E-state index in [4.69, 9.17) is 13.1 Å². The van der Waals surface area contributed by atoms with Crippen LogP contribution in [-0.4, -0.2) is 19.9 Å². The number of halogens is 11. The molecule has 2 aliphatic rings. The van der Waals surface area contributed by atoms with Gasteiger partial charge in [-0.1, -0.05) is 0 Å². The first kappa shape index (κ1) is 36.1. The quantitative estimate of drug-likeness (QED) is 0.104. The van der Waals surface area contributed by atoms with Gasteiger partial charge in [-0.05, 0) is 18.1 Å². The lowest BCUT2D eigenvalue weighted by Crippen LogP contribution is -2.26. The first-order valence-corrected chi connectivity index (χ1v) is 15.0. The van der Waals surface area contributed by atoms with Gasteiger partial charge in [-0.2, -0.15) is 13.2 Å². The van der Waals surface area contributed by atoms with Gasteiger partial charge in [-0.3, -0.25) is 9.97 Å². The fourth-order valence-electron chi connectivity index (χ4n) is 6.67. The fourth-order valence-corrected chi connectivity index (χ4v) is 6.67. The van der Waals surface area contributed by atoms with E-state index in [1.54, 1.807) is 12.1 Å². The molecular formula is C36H9F11N8. The minimum Gasteiger partial charge on any atom is -0.256 e. The van der Waals surface area contributed by atoms with Gasteiger partial charge in [0.05, 0.1) is 83.0 Å². The van der Waals surface area contributed by atoms with E-state index in [1.165, 1.54) is 0 Å². The molecule has 19 heteroatoms. The molecule has 8 nitrogen and oxygen atoms in total. The topological polar surface area (TPSA) is 108 Å². The van der Waals surface area contributed by atoms with Gasteiger partial charge in [0.1, 0.15) is 5.56 Å². The van der Waals surface area contributed by atoms with Crippen LogP contribution in [-0.2, 0) is 19.0 Å². The van der Waals surface area contributed by atoms with E-state index < -0.39 is 109 Å². The molecule has 0 saturated heterocycles. The Labute approximate surface area is 299 Å². The second-order valence-electron chi connectivity index (χ2n) is 11.8. The number of nitriles is 2. The van der Waals surface area contributed by atoms with Crippen LogP contribution in [0, 0.1) is 89.3 Å². The fraction of sp³-hybridized carbons (Fsp3) is 0.111. The number of fused-ring (bicyclic) bond motifs is 6. The van der Waals surface area contributed by atoms with E-state index in [-0.39, 0.29) is 57.4 Å². The predicted molar refractivity (Wildman–Crippen MR) is 165 cm³/mol. The van der Waals surface area contributed by atoms with Gasteiger partial charge >= 0.3 is 6.18 Å². The molecule has 0 aliphatic heterocycles. The normalized spacial score (nSPS) is 13.5. The summed E-state index contributed by atoms with van der Waals surface area (Å²) in [6, 6.07) is 3.34.